The molecule has 0 saturated carbocycles. The van der Waals surface area contributed by atoms with Crippen molar-refractivity contribution in [3.63, 3.8) is 0 Å². The summed E-state index contributed by atoms with van der Waals surface area (Å²) < 4.78 is 0. The fourth-order valence-corrected chi connectivity index (χ4v) is 2.55. The number of thioether (sulfide) groups is 1. The number of benzene rings is 1. The van der Waals surface area contributed by atoms with Crippen LogP contribution in [0.1, 0.15) is 39.5 Å². The zero-order chi connectivity index (χ0) is 15.0. The van der Waals surface area contributed by atoms with Gasteiger partial charge in [0.05, 0.1) is 5.69 Å². The van der Waals surface area contributed by atoms with Crippen LogP contribution in [0.2, 0.25) is 0 Å². The van der Waals surface area contributed by atoms with Crippen LogP contribution in [-0.4, -0.2) is 22.2 Å². The van der Waals surface area contributed by atoms with E-state index in [-0.39, 0.29) is 5.91 Å². The van der Waals surface area contributed by atoms with Gasteiger partial charge in [0.2, 0.25) is 5.91 Å². The first-order chi connectivity index (χ1) is 9.54. The van der Waals surface area contributed by atoms with Crippen LogP contribution < -0.4 is 5.32 Å². The Bertz CT molecular complexity index is 462. The fourth-order valence-electron chi connectivity index (χ4n) is 1.66. The average molecular weight is 295 g/mol. The molecule has 2 N–H and O–H groups in total. The highest BCUT2D eigenvalue weighted by Gasteiger charge is 2.15. The highest BCUT2D eigenvalue weighted by molar-refractivity contribution is 8.00. The molecule has 20 heavy (non-hydrogen) atoms. The summed E-state index contributed by atoms with van der Waals surface area (Å²) in [5.74, 6) is -0.881. The smallest absolute Gasteiger partial charge is 0.316 e. The van der Waals surface area contributed by atoms with Crippen LogP contribution in [0.4, 0.5) is 5.69 Å². The topological polar surface area (TPSA) is 66.4 Å². The Hall–Kier alpha value is -1.49. The molecule has 1 amide bonds. The Kier molecular flexibility index (Phi) is 7.15. The molecule has 0 spiro atoms. The maximum Gasteiger partial charge on any atom is 0.316 e. The first-order valence-corrected chi connectivity index (χ1v) is 7.71. The monoisotopic (exact) mass is 295 g/mol. The van der Waals surface area contributed by atoms with Crippen LogP contribution >= 0.6 is 11.8 Å². The van der Waals surface area contributed by atoms with Crippen molar-refractivity contribution < 1.29 is 14.7 Å². The molecule has 1 aromatic rings. The minimum absolute atomic E-state index is 0.0190. The van der Waals surface area contributed by atoms with Crippen LogP contribution in [-0.2, 0) is 9.59 Å². The lowest BCUT2D eigenvalue weighted by atomic mass is 10.2. The molecule has 4 nitrogen and oxygen atoms in total. The number of anilines is 1. The maximum absolute atomic E-state index is 11.8. The molecule has 0 heterocycles. The van der Waals surface area contributed by atoms with Crippen molar-refractivity contribution in [2.75, 3.05) is 5.32 Å². The van der Waals surface area contributed by atoms with Crippen molar-refractivity contribution in [2.45, 2.75) is 49.7 Å². The Morgan fingerprint density at radius 3 is 2.65 bits per heavy atom. The molecule has 0 aromatic heterocycles. The lowest BCUT2D eigenvalue weighted by molar-refractivity contribution is -0.136. The van der Waals surface area contributed by atoms with Gasteiger partial charge in [0.25, 0.3) is 0 Å². The van der Waals surface area contributed by atoms with Crippen LogP contribution in [0.25, 0.3) is 0 Å². The van der Waals surface area contributed by atoms with Gasteiger partial charge in [0.1, 0.15) is 5.25 Å². The molecule has 5 heteroatoms. The number of carbonyl (C=O) groups excluding carboxylic acids is 1. The molecule has 1 aromatic carbocycles. The summed E-state index contributed by atoms with van der Waals surface area (Å²) >= 11 is 1.23. The molecule has 0 aliphatic rings. The number of hydrogen-bond acceptors (Lipinski definition) is 3. The molecule has 0 bridgehead atoms. The van der Waals surface area contributed by atoms with Crippen LogP contribution in [0.5, 0.6) is 0 Å². The summed E-state index contributed by atoms with van der Waals surface area (Å²) in [5.41, 5.74) is 0.687. The van der Waals surface area contributed by atoms with Crippen molar-refractivity contribution in [3.8, 4) is 0 Å². The number of amides is 1. The van der Waals surface area contributed by atoms with Crippen molar-refractivity contribution >= 4 is 29.3 Å². The summed E-state index contributed by atoms with van der Waals surface area (Å²) in [6, 6.07) is 7.29. The molecule has 1 atom stereocenters. The first-order valence-electron chi connectivity index (χ1n) is 6.83. The molecule has 0 radical (unpaired) electrons. The zero-order valence-corrected chi connectivity index (χ0v) is 12.7. The highest BCUT2D eigenvalue weighted by Crippen LogP contribution is 2.30. The quantitative estimate of drug-likeness (QED) is 0.566. The summed E-state index contributed by atoms with van der Waals surface area (Å²) in [5, 5.41) is 11.3. The number of aliphatic carboxylic acids is 1. The van der Waals surface area contributed by atoms with E-state index in [1.165, 1.54) is 11.8 Å². The maximum atomic E-state index is 11.8. The number of hydrogen-bond donors (Lipinski definition) is 2. The van der Waals surface area contributed by atoms with E-state index < -0.39 is 11.2 Å². The Morgan fingerprint density at radius 1 is 1.30 bits per heavy atom. The van der Waals surface area contributed by atoms with Crippen LogP contribution in [0.3, 0.4) is 0 Å². The van der Waals surface area contributed by atoms with E-state index >= 15 is 0 Å². The molecule has 0 aliphatic carbocycles. The third kappa shape index (κ3) is 5.65. The second-order valence-corrected chi connectivity index (χ2v) is 5.98. The predicted octanol–water partition coefficient (Wildman–Crippen LogP) is 3.77. The number of carboxylic acid groups (broad SMARTS) is 1. The fraction of sp³-hybridized carbons (Fsp3) is 0.467. The summed E-state index contributed by atoms with van der Waals surface area (Å²) in [7, 11) is 0. The molecule has 110 valence electrons. The van der Waals surface area contributed by atoms with E-state index in [0.29, 0.717) is 12.1 Å². The Labute approximate surface area is 124 Å². The lowest BCUT2D eigenvalue weighted by Crippen LogP contribution is -2.14. The Morgan fingerprint density at radius 2 is 2.00 bits per heavy atom. The number of carbonyl (C=O) groups is 2. The number of nitrogens with one attached hydrogen (secondary N) is 1. The van der Waals surface area contributed by atoms with E-state index in [1.807, 2.05) is 18.2 Å². The zero-order valence-electron chi connectivity index (χ0n) is 11.9. The summed E-state index contributed by atoms with van der Waals surface area (Å²) in [4.78, 5) is 23.5. The molecule has 0 aliphatic heterocycles. The number of carboxylic acids is 1. The van der Waals surface area contributed by atoms with Gasteiger partial charge in [-0.25, -0.2) is 0 Å². The number of para-hydroxylation sites is 1. The highest BCUT2D eigenvalue weighted by atomic mass is 32.2. The average Bonchev–Trinajstić information content (AvgIpc) is 2.41. The molecule has 0 saturated heterocycles. The molecule has 1 rings (SSSR count). The standard InChI is InChI=1S/C15H21NO3S/c1-3-4-5-10-14(17)16-12-8-6-7-9-13(12)20-11(2)15(18)19/h6-9,11H,3-5,10H2,1-2H3,(H,16,17)(H,18,19)/t11-/m0/s1. The second kappa shape index (κ2) is 8.64. The molecular weight excluding hydrogens is 274 g/mol. The van der Waals surface area contributed by atoms with Gasteiger partial charge in [-0.2, -0.15) is 0 Å². The van der Waals surface area contributed by atoms with Crippen molar-refractivity contribution in [1.29, 1.82) is 0 Å². The molecular formula is C15H21NO3S. The van der Waals surface area contributed by atoms with E-state index in [4.69, 9.17) is 5.11 Å². The Balaban J connectivity index is 2.65. The minimum Gasteiger partial charge on any atom is -0.480 e. The molecule has 0 unspecified atom stereocenters. The van der Waals surface area contributed by atoms with Crippen molar-refractivity contribution in [2.24, 2.45) is 0 Å². The first kappa shape index (κ1) is 16.6. The van der Waals surface area contributed by atoms with Crippen LogP contribution in [0.15, 0.2) is 29.2 Å². The normalized spacial score (nSPS) is 11.9. The third-order valence-electron chi connectivity index (χ3n) is 2.82. The van der Waals surface area contributed by atoms with E-state index in [9.17, 15) is 9.59 Å². The van der Waals surface area contributed by atoms with Crippen LogP contribution in [0, 0.1) is 0 Å². The van der Waals surface area contributed by atoms with Crippen molar-refractivity contribution in [1.82, 2.24) is 0 Å². The second-order valence-electron chi connectivity index (χ2n) is 4.60. The minimum atomic E-state index is -0.862. The van der Waals surface area contributed by atoms with E-state index in [1.54, 1.807) is 13.0 Å². The van der Waals surface area contributed by atoms with Gasteiger partial charge >= 0.3 is 5.97 Å². The van der Waals surface area contributed by atoms with E-state index in [2.05, 4.69) is 12.2 Å². The third-order valence-corrected chi connectivity index (χ3v) is 3.99. The van der Waals surface area contributed by atoms with Gasteiger partial charge in [-0.05, 0) is 25.5 Å². The SMILES string of the molecule is CCCCCC(=O)Nc1ccccc1S[C@@H](C)C(=O)O. The van der Waals surface area contributed by atoms with Gasteiger partial charge in [0.15, 0.2) is 0 Å². The predicted molar refractivity (Wildman–Crippen MR) is 82.2 cm³/mol. The lowest BCUT2D eigenvalue weighted by Gasteiger charge is -2.12. The van der Waals surface area contributed by atoms with Gasteiger partial charge in [-0.1, -0.05) is 31.9 Å². The number of rotatable bonds is 8. The largest absolute Gasteiger partial charge is 0.480 e. The van der Waals surface area contributed by atoms with E-state index in [0.717, 1.165) is 24.2 Å². The van der Waals surface area contributed by atoms with Gasteiger partial charge in [-0.15, -0.1) is 11.8 Å². The number of unbranched alkanes of at least 4 members (excludes halogenated alkanes) is 2. The molecule has 0 fully saturated rings. The van der Waals surface area contributed by atoms with Gasteiger partial charge in [0, 0.05) is 11.3 Å². The summed E-state index contributed by atoms with van der Waals surface area (Å²) in [6.07, 6.45) is 3.50. The summed E-state index contributed by atoms with van der Waals surface area (Å²) in [6.45, 7) is 3.73. The van der Waals surface area contributed by atoms with Gasteiger partial charge < -0.3 is 10.4 Å². The van der Waals surface area contributed by atoms with Crippen molar-refractivity contribution in [3.05, 3.63) is 24.3 Å². The van der Waals surface area contributed by atoms with Gasteiger partial charge in [-0.3, -0.25) is 9.59 Å².